The second-order valence-electron chi connectivity index (χ2n) is 3.48. The summed E-state index contributed by atoms with van der Waals surface area (Å²) in [5, 5.41) is 1.02. The maximum atomic E-state index is 11.6. The number of hydrogen-bond donors (Lipinski definition) is 0. The monoisotopic (exact) mass is 232 g/mol. The molecule has 0 bridgehead atoms. The number of nitrogens with zero attached hydrogens (tertiary/aromatic N) is 2. The molecule has 2 aromatic rings. The van der Waals surface area contributed by atoms with E-state index in [0.717, 1.165) is 10.9 Å². The van der Waals surface area contributed by atoms with Crippen LogP contribution in [0.1, 0.15) is 16.8 Å². The molecule has 3 rings (SSSR count). The van der Waals surface area contributed by atoms with E-state index >= 15 is 0 Å². The third-order valence-electron chi connectivity index (χ3n) is 2.55. The molecule has 16 heavy (non-hydrogen) atoms. The van der Waals surface area contributed by atoms with Crippen molar-refractivity contribution in [2.75, 3.05) is 0 Å². The van der Waals surface area contributed by atoms with E-state index in [0.29, 0.717) is 17.7 Å². The first kappa shape index (κ1) is 10.8. The fourth-order valence-electron chi connectivity index (χ4n) is 1.82. The minimum atomic E-state index is 0. The minimum Gasteiger partial charge on any atom is -0.294 e. The molecule has 0 unspecified atom stereocenters. The van der Waals surface area contributed by atoms with Crippen LogP contribution in [0, 0.1) is 0 Å². The van der Waals surface area contributed by atoms with Crippen molar-refractivity contribution in [1.82, 2.24) is 4.98 Å². The van der Waals surface area contributed by atoms with E-state index in [1.807, 2.05) is 24.3 Å². The van der Waals surface area contributed by atoms with Crippen molar-refractivity contribution in [3.05, 3.63) is 36.0 Å². The van der Waals surface area contributed by atoms with Crippen LogP contribution in [0.15, 0.2) is 35.5 Å². The molecule has 1 aliphatic heterocycles. The summed E-state index contributed by atoms with van der Waals surface area (Å²) in [4.78, 5) is 20.1. The number of benzene rings is 1. The fraction of sp³-hybridized carbons (Fsp3) is 0.0833. The third kappa shape index (κ3) is 1.49. The first-order chi connectivity index (χ1) is 7.36. The Kier molecular flexibility index (Phi) is 2.71. The lowest BCUT2D eigenvalue weighted by Crippen LogP contribution is -2.04. The molecule has 0 saturated carbocycles. The van der Waals surface area contributed by atoms with Gasteiger partial charge in [0.25, 0.3) is 0 Å². The van der Waals surface area contributed by atoms with Gasteiger partial charge in [0.2, 0.25) is 0 Å². The number of Topliss-reactive ketones (excluding diaryl/α,β-unsaturated/α-hetero) is 1. The SMILES string of the molecule is Cl.O=C1CC=Nc2c1ccc1cccnc21. The number of halogens is 1. The molecule has 3 nitrogen and oxygen atoms in total. The number of pyridine rings is 1. The van der Waals surface area contributed by atoms with Crippen LogP contribution >= 0.6 is 12.4 Å². The minimum absolute atomic E-state index is 0. The Morgan fingerprint density at radius 3 is 2.94 bits per heavy atom. The van der Waals surface area contributed by atoms with Gasteiger partial charge < -0.3 is 0 Å². The van der Waals surface area contributed by atoms with Crippen molar-refractivity contribution >= 4 is 41.0 Å². The van der Waals surface area contributed by atoms with Crippen LogP contribution in [0.5, 0.6) is 0 Å². The van der Waals surface area contributed by atoms with Gasteiger partial charge in [0.15, 0.2) is 5.78 Å². The first-order valence-corrected chi connectivity index (χ1v) is 4.80. The Morgan fingerprint density at radius 2 is 2.06 bits per heavy atom. The quantitative estimate of drug-likeness (QED) is 0.701. The molecular formula is C12H9ClN2O. The van der Waals surface area contributed by atoms with Gasteiger partial charge in [0.1, 0.15) is 0 Å². The highest BCUT2D eigenvalue weighted by atomic mass is 35.5. The molecule has 0 spiro atoms. The topological polar surface area (TPSA) is 42.3 Å². The summed E-state index contributed by atoms with van der Waals surface area (Å²) in [6, 6.07) is 7.60. The van der Waals surface area contributed by atoms with Crippen molar-refractivity contribution < 1.29 is 4.79 Å². The Morgan fingerprint density at radius 1 is 1.19 bits per heavy atom. The van der Waals surface area contributed by atoms with Crippen LogP contribution < -0.4 is 0 Å². The molecule has 0 atom stereocenters. The van der Waals surface area contributed by atoms with Gasteiger partial charge in [0.05, 0.1) is 11.2 Å². The van der Waals surface area contributed by atoms with Gasteiger partial charge in [-0.25, -0.2) is 0 Å². The summed E-state index contributed by atoms with van der Waals surface area (Å²) in [5.41, 5.74) is 2.20. The number of carbonyl (C=O) groups is 1. The molecule has 0 amide bonds. The third-order valence-corrected chi connectivity index (χ3v) is 2.55. The van der Waals surface area contributed by atoms with Crippen molar-refractivity contribution in [2.24, 2.45) is 4.99 Å². The van der Waals surface area contributed by atoms with Crippen molar-refractivity contribution in [3.8, 4) is 0 Å². The van der Waals surface area contributed by atoms with Gasteiger partial charge in [-0.15, -0.1) is 12.4 Å². The Labute approximate surface area is 98.6 Å². The van der Waals surface area contributed by atoms with E-state index in [2.05, 4.69) is 9.98 Å². The van der Waals surface area contributed by atoms with Crippen LogP contribution in [-0.4, -0.2) is 17.0 Å². The highest BCUT2D eigenvalue weighted by Gasteiger charge is 2.16. The second kappa shape index (κ2) is 4.02. The maximum Gasteiger partial charge on any atom is 0.170 e. The summed E-state index contributed by atoms with van der Waals surface area (Å²) in [6.07, 6.45) is 3.77. The predicted octanol–water partition coefficient (Wildman–Crippen LogP) is 2.95. The first-order valence-electron chi connectivity index (χ1n) is 4.80. The summed E-state index contributed by atoms with van der Waals surface area (Å²) in [7, 11) is 0. The van der Waals surface area contributed by atoms with Crippen molar-refractivity contribution in [1.29, 1.82) is 0 Å². The molecule has 0 saturated heterocycles. The standard InChI is InChI=1S/C12H8N2O.ClH/c15-10-5-7-14-12-9(10)4-3-8-2-1-6-13-11(8)12;/h1-4,6-7H,5H2;1H. The molecule has 0 fully saturated rings. The molecule has 0 aliphatic carbocycles. The van der Waals surface area contributed by atoms with Crippen LogP contribution in [0.4, 0.5) is 5.69 Å². The number of fused-ring (bicyclic) bond motifs is 3. The van der Waals surface area contributed by atoms with Gasteiger partial charge in [0, 0.05) is 29.8 Å². The average molecular weight is 233 g/mol. The Bertz CT molecular complexity index is 593. The van der Waals surface area contributed by atoms with E-state index in [-0.39, 0.29) is 18.2 Å². The summed E-state index contributed by atoms with van der Waals surface area (Å²) in [5.74, 6) is 0.118. The van der Waals surface area contributed by atoms with E-state index in [1.54, 1.807) is 12.4 Å². The van der Waals surface area contributed by atoms with Crippen LogP contribution in [0.25, 0.3) is 10.9 Å². The lowest BCUT2D eigenvalue weighted by atomic mass is 10.0. The van der Waals surface area contributed by atoms with E-state index in [4.69, 9.17) is 0 Å². The van der Waals surface area contributed by atoms with Crippen LogP contribution in [0.2, 0.25) is 0 Å². The summed E-state index contributed by atoms with van der Waals surface area (Å²) < 4.78 is 0. The average Bonchev–Trinajstić information content (AvgIpc) is 2.29. The molecule has 1 aliphatic rings. The zero-order valence-corrected chi connectivity index (χ0v) is 9.20. The number of ketones is 1. The molecule has 1 aromatic carbocycles. The number of hydrogen-bond acceptors (Lipinski definition) is 3. The highest BCUT2D eigenvalue weighted by molar-refractivity contribution is 6.14. The summed E-state index contributed by atoms with van der Waals surface area (Å²) in [6.45, 7) is 0. The van der Waals surface area contributed by atoms with Gasteiger partial charge in [-0.3, -0.25) is 14.8 Å². The maximum absolute atomic E-state index is 11.6. The number of carbonyl (C=O) groups excluding carboxylic acids is 1. The van der Waals surface area contributed by atoms with E-state index in [1.165, 1.54) is 0 Å². The van der Waals surface area contributed by atoms with Gasteiger partial charge in [-0.05, 0) is 12.1 Å². The van der Waals surface area contributed by atoms with E-state index < -0.39 is 0 Å². The molecule has 4 heteroatoms. The van der Waals surface area contributed by atoms with Gasteiger partial charge in [-0.2, -0.15) is 0 Å². The Balaban J connectivity index is 0.000000963. The van der Waals surface area contributed by atoms with Crippen LogP contribution in [0.3, 0.4) is 0 Å². The molecule has 80 valence electrons. The molecule has 2 heterocycles. The number of aliphatic imine (C=N–C) groups is 1. The highest BCUT2D eigenvalue weighted by Crippen LogP contribution is 2.31. The molecule has 0 radical (unpaired) electrons. The zero-order chi connectivity index (χ0) is 10.3. The van der Waals surface area contributed by atoms with Crippen molar-refractivity contribution in [3.63, 3.8) is 0 Å². The summed E-state index contributed by atoms with van der Waals surface area (Å²) >= 11 is 0. The number of rotatable bonds is 0. The lowest BCUT2D eigenvalue weighted by Gasteiger charge is -2.10. The van der Waals surface area contributed by atoms with Crippen molar-refractivity contribution in [2.45, 2.75) is 6.42 Å². The zero-order valence-electron chi connectivity index (χ0n) is 8.38. The fourth-order valence-corrected chi connectivity index (χ4v) is 1.82. The molecule has 0 N–H and O–H groups in total. The Hall–Kier alpha value is -1.74. The lowest BCUT2D eigenvalue weighted by molar-refractivity contribution is 0.100. The normalized spacial score (nSPS) is 13.4. The van der Waals surface area contributed by atoms with Crippen LogP contribution in [-0.2, 0) is 0 Å². The van der Waals surface area contributed by atoms with E-state index in [9.17, 15) is 4.79 Å². The largest absolute Gasteiger partial charge is 0.294 e. The van der Waals surface area contributed by atoms with Gasteiger partial charge >= 0.3 is 0 Å². The predicted molar refractivity (Wildman–Crippen MR) is 66.1 cm³/mol. The number of aromatic nitrogens is 1. The second-order valence-corrected chi connectivity index (χ2v) is 3.48. The molecule has 1 aromatic heterocycles. The smallest absolute Gasteiger partial charge is 0.170 e. The molecular weight excluding hydrogens is 224 g/mol. The van der Waals surface area contributed by atoms with Gasteiger partial charge in [-0.1, -0.05) is 12.1 Å².